The summed E-state index contributed by atoms with van der Waals surface area (Å²) in [6.07, 6.45) is -0.0718. The number of amides is 1. The van der Waals surface area contributed by atoms with Gasteiger partial charge in [-0.1, -0.05) is 18.2 Å². The molecule has 1 unspecified atom stereocenters. The monoisotopic (exact) mass is 250 g/mol. The quantitative estimate of drug-likeness (QED) is 0.839. The Hall–Kier alpha value is -1.59. The second kappa shape index (κ2) is 5.84. The molecule has 0 spiro atoms. The van der Waals surface area contributed by atoms with E-state index in [1.807, 2.05) is 24.3 Å². The summed E-state index contributed by atoms with van der Waals surface area (Å²) < 4.78 is 10.6. The average Bonchev–Trinajstić information content (AvgIpc) is 2.42. The van der Waals surface area contributed by atoms with E-state index < -0.39 is 0 Å². The van der Waals surface area contributed by atoms with Gasteiger partial charge in [-0.05, 0) is 6.07 Å². The number of methoxy groups -OCH3 is 1. The van der Waals surface area contributed by atoms with Crippen molar-refractivity contribution in [2.45, 2.75) is 12.6 Å². The van der Waals surface area contributed by atoms with Gasteiger partial charge < -0.3 is 20.1 Å². The van der Waals surface area contributed by atoms with Crippen molar-refractivity contribution < 1.29 is 14.3 Å². The highest BCUT2D eigenvalue weighted by molar-refractivity contribution is 5.78. The fourth-order valence-corrected chi connectivity index (χ4v) is 2.02. The number of ether oxygens (including phenoxy) is 2. The molecule has 0 aromatic heterocycles. The average molecular weight is 250 g/mol. The molecule has 0 saturated carbocycles. The van der Waals surface area contributed by atoms with Gasteiger partial charge >= 0.3 is 0 Å². The second-order valence-electron chi connectivity index (χ2n) is 4.25. The van der Waals surface area contributed by atoms with E-state index in [4.69, 9.17) is 15.2 Å². The van der Waals surface area contributed by atoms with E-state index >= 15 is 0 Å². The SMILES string of the molecule is COc1ccccc1CN1CC(CN)OCC1=O. The Balaban J connectivity index is 2.09. The Morgan fingerprint density at radius 2 is 2.28 bits per heavy atom. The molecule has 1 atom stereocenters. The molecule has 1 aromatic carbocycles. The summed E-state index contributed by atoms with van der Waals surface area (Å²) in [4.78, 5) is 13.5. The fourth-order valence-electron chi connectivity index (χ4n) is 2.02. The fraction of sp³-hybridized carbons (Fsp3) is 0.462. The van der Waals surface area contributed by atoms with Crippen molar-refractivity contribution in [3.8, 4) is 5.75 Å². The van der Waals surface area contributed by atoms with Crippen molar-refractivity contribution in [2.24, 2.45) is 5.73 Å². The minimum atomic E-state index is -0.0718. The third-order valence-electron chi connectivity index (χ3n) is 3.04. The summed E-state index contributed by atoms with van der Waals surface area (Å²) in [6, 6.07) is 7.69. The van der Waals surface area contributed by atoms with Gasteiger partial charge in [0.15, 0.2) is 0 Å². The lowest BCUT2D eigenvalue weighted by Crippen LogP contribution is -2.48. The summed E-state index contributed by atoms with van der Waals surface area (Å²) >= 11 is 0. The first kappa shape index (κ1) is 12.9. The molecule has 18 heavy (non-hydrogen) atoms. The van der Waals surface area contributed by atoms with Crippen molar-refractivity contribution in [1.82, 2.24) is 4.90 Å². The van der Waals surface area contributed by atoms with Crippen LogP contribution in [0, 0.1) is 0 Å². The number of benzene rings is 1. The third-order valence-corrected chi connectivity index (χ3v) is 3.04. The Labute approximate surface area is 106 Å². The van der Waals surface area contributed by atoms with Crippen LogP contribution in [0.15, 0.2) is 24.3 Å². The third kappa shape index (κ3) is 2.80. The van der Waals surface area contributed by atoms with Gasteiger partial charge in [0.25, 0.3) is 0 Å². The minimum absolute atomic E-state index is 0.00870. The molecule has 0 bridgehead atoms. The molecule has 1 fully saturated rings. The van der Waals surface area contributed by atoms with E-state index in [1.165, 1.54) is 0 Å². The first-order valence-electron chi connectivity index (χ1n) is 5.96. The number of carbonyl (C=O) groups is 1. The summed E-state index contributed by atoms with van der Waals surface area (Å²) in [5, 5.41) is 0. The molecule has 5 nitrogen and oxygen atoms in total. The van der Waals surface area contributed by atoms with Crippen LogP contribution in [-0.4, -0.2) is 43.7 Å². The zero-order valence-electron chi connectivity index (χ0n) is 10.5. The molecule has 5 heteroatoms. The topological polar surface area (TPSA) is 64.8 Å². The maximum Gasteiger partial charge on any atom is 0.248 e. The molecular weight excluding hydrogens is 232 g/mol. The zero-order chi connectivity index (χ0) is 13.0. The van der Waals surface area contributed by atoms with E-state index in [2.05, 4.69) is 0 Å². The van der Waals surface area contributed by atoms with Gasteiger partial charge in [-0.3, -0.25) is 4.79 Å². The van der Waals surface area contributed by atoms with Gasteiger partial charge in [0.2, 0.25) is 5.91 Å². The number of carbonyl (C=O) groups excluding carboxylic acids is 1. The molecule has 1 amide bonds. The molecule has 2 N–H and O–H groups in total. The minimum Gasteiger partial charge on any atom is -0.496 e. The molecule has 2 rings (SSSR count). The molecule has 1 saturated heterocycles. The van der Waals surface area contributed by atoms with E-state index in [-0.39, 0.29) is 18.6 Å². The summed E-state index contributed by atoms with van der Waals surface area (Å²) in [5.41, 5.74) is 6.56. The van der Waals surface area contributed by atoms with Crippen LogP contribution in [0.3, 0.4) is 0 Å². The van der Waals surface area contributed by atoms with Crippen LogP contribution in [0.5, 0.6) is 5.75 Å². The summed E-state index contributed by atoms with van der Waals surface area (Å²) in [5.74, 6) is 0.784. The van der Waals surface area contributed by atoms with Gasteiger partial charge in [-0.25, -0.2) is 0 Å². The molecule has 1 aliphatic heterocycles. The first-order valence-corrected chi connectivity index (χ1v) is 5.96. The predicted molar refractivity (Wildman–Crippen MR) is 67.2 cm³/mol. The van der Waals surface area contributed by atoms with Crippen molar-refractivity contribution in [1.29, 1.82) is 0 Å². The number of hydrogen-bond donors (Lipinski definition) is 1. The van der Waals surface area contributed by atoms with Crippen LogP contribution in [0.4, 0.5) is 0 Å². The number of morpholine rings is 1. The van der Waals surface area contributed by atoms with Crippen LogP contribution in [0.25, 0.3) is 0 Å². The van der Waals surface area contributed by atoms with E-state index in [1.54, 1.807) is 12.0 Å². The number of rotatable bonds is 4. The van der Waals surface area contributed by atoms with Crippen molar-refractivity contribution in [2.75, 3.05) is 26.8 Å². The van der Waals surface area contributed by atoms with E-state index in [9.17, 15) is 4.79 Å². The molecule has 0 radical (unpaired) electrons. The van der Waals surface area contributed by atoms with Gasteiger partial charge in [0.1, 0.15) is 12.4 Å². The molecule has 98 valence electrons. The molecular formula is C13H18N2O3. The zero-order valence-corrected chi connectivity index (χ0v) is 10.5. The Morgan fingerprint density at radius 3 is 3.00 bits per heavy atom. The largest absolute Gasteiger partial charge is 0.496 e. The summed E-state index contributed by atoms with van der Waals surface area (Å²) in [7, 11) is 1.63. The number of para-hydroxylation sites is 1. The number of hydrogen-bond acceptors (Lipinski definition) is 4. The van der Waals surface area contributed by atoms with Crippen molar-refractivity contribution in [3.05, 3.63) is 29.8 Å². The van der Waals surface area contributed by atoms with E-state index in [0.29, 0.717) is 19.6 Å². The smallest absolute Gasteiger partial charge is 0.248 e. The van der Waals surface area contributed by atoms with Crippen LogP contribution in [0.1, 0.15) is 5.56 Å². The molecule has 0 aliphatic carbocycles. The van der Waals surface area contributed by atoms with Gasteiger partial charge in [-0.2, -0.15) is 0 Å². The van der Waals surface area contributed by atoms with Crippen LogP contribution < -0.4 is 10.5 Å². The highest BCUT2D eigenvalue weighted by Gasteiger charge is 2.25. The van der Waals surface area contributed by atoms with Crippen LogP contribution in [0.2, 0.25) is 0 Å². The van der Waals surface area contributed by atoms with Gasteiger partial charge in [-0.15, -0.1) is 0 Å². The lowest BCUT2D eigenvalue weighted by Gasteiger charge is -2.32. The van der Waals surface area contributed by atoms with E-state index in [0.717, 1.165) is 11.3 Å². The highest BCUT2D eigenvalue weighted by atomic mass is 16.5. The number of nitrogens with zero attached hydrogens (tertiary/aromatic N) is 1. The highest BCUT2D eigenvalue weighted by Crippen LogP contribution is 2.20. The van der Waals surface area contributed by atoms with Gasteiger partial charge in [0.05, 0.1) is 13.2 Å². The van der Waals surface area contributed by atoms with Crippen molar-refractivity contribution in [3.63, 3.8) is 0 Å². The van der Waals surface area contributed by atoms with Crippen LogP contribution >= 0.6 is 0 Å². The maximum atomic E-state index is 11.8. The molecule has 1 aliphatic rings. The molecule has 1 aromatic rings. The predicted octanol–water partition coefficient (Wildman–Crippen LogP) is 0.381. The Bertz CT molecular complexity index is 422. The van der Waals surface area contributed by atoms with Gasteiger partial charge in [0, 0.05) is 25.2 Å². The maximum absolute atomic E-state index is 11.8. The number of nitrogens with two attached hydrogens (primary N) is 1. The van der Waals surface area contributed by atoms with Crippen molar-refractivity contribution >= 4 is 5.91 Å². The standard InChI is InChI=1S/C13H18N2O3/c1-17-12-5-3-2-4-10(12)7-15-8-11(6-14)18-9-13(15)16/h2-5,11H,6-9,14H2,1H3. The summed E-state index contributed by atoms with van der Waals surface area (Å²) in [6.45, 7) is 1.60. The molecule has 1 heterocycles. The Kier molecular flexibility index (Phi) is 4.17. The van der Waals surface area contributed by atoms with Crippen LogP contribution in [-0.2, 0) is 16.1 Å². The lowest BCUT2D eigenvalue weighted by molar-refractivity contribution is -0.149. The Morgan fingerprint density at radius 1 is 1.50 bits per heavy atom. The normalized spacial score (nSPS) is 20.0. The first-order chi connectivity index (χ1) is 8.74. The second-order valence-corrected chi connectivity index (χ2v) is 4.25. The lowest BCUT2D eigenvalue weighted by atomic mass is 10.1.